The number of nitro benzene ring substituents is 1. The Balaban J connectivity index is 2.22. The van der Waals surface area contributed by atoms with Crippen molar-refractivity contribution in [3.63, 3.8) is 0 Å². The molecular formula is C17H18N4O6S. The fourth-order valence-corrected chi connectivity index (χ4v) is 2.68. The highest BCUT2D eigenvalue weighted by atomic mass is 32.2. The molecule has 0 aliphatic rings. The molecule has 0 heterocycles. The predicted octanol–water partition coefficient (Wildman–Crippen LogP) is 2.26. The number of nitrogens with two attached hydrogens (primary N) is 1. The molecule has 2 aromatic carbocycles. The Labute approximate surface area is 161 Å². The SMILES string of the molecule is C=CCOc1ccc(/C=N/Nc2ccc(S(N)(=O)=O)cc2[N+](=O)[O-])cc1OC. The third-order valence-corrected chi connectivity index (χ3v) is 4.35. The molecule has 0 aliphatic carbocycles. The van der Waals surface area contributed by atoms with Crippen LogP contribution in [0.25, 0.3) is 0 Å². The number of rotatable bonds is 9. The second-order valence-electron chi connectivity index (χ2n) is 5.36. The first-order chi connectivity index (χ1) is 13.3. The van der Waals surface area contributed by atoms with Crippen molar-refractivity contribution >= 4 is 27.6 Å². The number of primary sulfonamides is 1. The van der Waals surface area contributed by atoms with E-state index in [1.54, 1.807) is 24.3 Å². The fraction of sp³-hybridized carbons (Fsp3) is 0.118. The molecule has 0 radical (unpaired) electrons. The topological polar surface area (TPSA) is 146 Å². The van der Waals surface area contributed by atoms with Crippen molar-refractivity contribution in [2.75, 3.05) is 19.1 Å². The van der Waals surface area contributed by atoms with Crippen molar-refractivity contribution in [3.05, 3.63) is 64.7 Å². The Morgan fingerprint density at radius 2 is 2.04 bits per heavy atom. The maximum Gasteiger partial charge on any atom is 0.295 e. The van der Waals surface area contributed by atoms with Crippen LogP contribution in [0.15, 0.2) is 59.1 Å². The van der Waals surface area contributed by atoms with Crippen LogP contribution in [0.3, 0.4) is 0 Å². The van der Waals surface area contributed by atoms with Gasteiger partial charge in [0, 0.05) is 6.07 Å². The zero-order chi connectivity index (χ0) is 20.7. The minimum absolute atomic E-state index is 0.00607. The van der Waals surface area contributed by atoms with Crippen molar-refractivity contribution < 1.29 is 22.8 Å². The third-order valence-electron chi connectivity index (χ3n) is 3.44. The number of nitro groups is 1. The third kappa shape index (κ3) is 5.28. The predicted molar refractivity (Wildman–Crippen MR) is 104 cm³/mol. The molecule has 0 aromatic heterocycles. The van der Waals surface area contributed by atoms with E-state index in [4.69, 9.17) is 14.6 Å². The Hall–Kier alpha value is -3.44. The number of hydrogen-bond acceptors (Lipinski definition) is 8. The van der Waals surface area contributed by atoms with Crippen molar-refractivity contribution in [3.8, 4) is 11.5 Å². The van der Waals surface area contributed by atoms with Crippen LogP contribution in [0.4, 0.5) is 11.4 Å². The summed E-state index contributed by atoms with van der Waals surface area (Å²) in [6.45, 7) is 3.90. The average molecular weight is 406 g/mol. The Morgan fingerprint density at radius 1 is 1.29 bits per heavy atom. The van der Waals surface area contributed by atoms with E-state index in [2.05, 4.69) is 17.1 Å². The zero-order valence-electron chi connectivity index (χ0n) is 14.9. The lowest BCUT2D eigenvalue weighted by Crippen LogP contribution is -2.12. The normalized spacial score (nSPS) is 11.2. The summed E-state index contributed by atoms with van der Waals surface area (Å²) >= 11 is 0. The van der Waals surface area contributed by atoms with E-state index in [-0.39, 0.29) is 10.6 Å². The summed E-state index contributed by atoms with van der Waals surface area (Å²) in [6, 6.07) is 8.29. The number of nitrogens with zero attached hydrogens (tertiary/aromatic N) is 2. The molecule has 0 unspecified atom stereocenters. The standard InChI is InChI=1S/C17H18N4O6S/c1-3-8-27-16-7-4-12(9-17(16)26-2)11-19-20-14-6-5-13(28(18,24)25)10-15(14)21(22)23/h3-7,9-11,20H,1,8H2,2H3,(H2,18,24,25)/b19-11+. The molecule has 11 heteroatoms. The molecular weight excluding hydrogens is 388 g/mol. The minimum Gasteiger partial charge on any atom is -0.493 e. The molecule has 0 saturated heterocycles. The van der Waals surface area contributed by atoms with E-state index in [9.17, 15) is 18.5 Å². The molecule has 148 valence electrons. The van der Waals surface area contributed by atoms with Crippen LogP contribution < -0.4 is 20.0 Å². The van der Waals surface area contributed by atoms with E-state index in [1.165, 1.54) is 19.4 Å². The first-order valence-corrected chi connectivity index (χ1v) is 9.33. The van der Waals surface area contributed by atoms with E-state index in [0.29, 0.717) is 23.7 Å². The van der Waals surface area contributed by atoms with Gasteiger partial charge in [-0.25, -0.2) is 13.6 Å². The summed E-state index contributed by atoms with van der Waals surface area (Å²) in [4.78, 5) is 10.1. The number of sulfonamides is 1. The maximum atomic E-state index is 11.3. The number of nitrogens with one attached hydrogen (secondary N) is 1. The van der Waals surface area contributed by atoms with Gasteiger partial charge in [-0.2, -0.15) is 5.10 Å². The van der Waals surface area contributed by atoms with Crippen LogP contribution in [-0.2, 0) is 10.0 Å². The second kappa shape index (κ2) is 8.97. The van der Waals surface area contributed by atoms with Gasteiger partial charge in [-0.3, -0.25) is 15.5 Å². The van der Waals surface area contributed by atoms with Crippen molar-refractivity contribution in [2.24, 2.45) is 10.2 Å². The lowest BCUT2D eigenvalue weighted by atomic mass is 10.2. The molecule has 0 aliphatic heterocycles. The summed E-state index contributed by atoms with van der Waals surface area (Å²) in [6.07, 6.45) is 3.02. The Kier molecular flexibility index (Phi) is 6.69. The highest BCUT2D eigenvalue weighted by Gasteiger charge is 2.18. The number of ether oxygens (including phenoxy) is 2. The summed E-state index contributed by atoms with van der Waals surface area (Å²) in [5.74, 6) is 1.01. The minimum atomic E-state index is -4.06. The number of hydrogen-bond donors (Lipinski definition) is 2. The van der Waals surface area contributed by atoms with Crippen LogP contribution in [0, 0.1) is 10.1 Å². The van der Waals surface area contributed by atoms with Crippen LogP contribution >= 0.6 is 0 Å². The highest BCUT2D eigenvalue weighted by molar-refractivity contribution is 7.89. The first-order valence-electron chi connectivity index (χ1n) is 7.78. The zero-order valence-corrected chi connectivity index (χ0v) is 15.7. The smallest absolute Gasteiger partial charge is 0.295 e. The largest absolute Gasteiger partial charge is 0.493 e. The second-order valence-corrected chi connectivity index (χ2v) is 6.92. The van der Waals surface area contributed by atoms with Crippen LogP contribution in [0.1, 0.15) is 5.56 Å². The van der Waals surface area contributed by atoms with Gasteiger partial charge in [-0.15, -0.1) is 0 Å². The monoisotopic (exact) mass is 406 g/mol. The van der Waals surface area contributed by atoms with Crippen molar-refractivity contribution in [1.82, 2.24) is 0 Å². The number of hydrazone groups is 1. The maximum absolute atomic E-state index is 11.3. The molecule has 10 nitrogen and oxygen atoms in total. The van der Waals surface area contributed by atoms with Gasteiger partial charge in [0.2, 0.25) is 10.0 Å². The van der Waals surface area contributed by atoms with Gasteiger partial charge in [0.25, 0.3) is 5.69 Å². The molecule has 0 fully saturated rings. The molecule has 3 N–H and O–H groups in total. The van der Waals surface area contributed by atoms with Gasteiger partial charge in [0.1, 0.15) is 12.3 Å². The van der Waals surface area contributed by atoms with E-state index >= 15 is 0 Å². The van der Waals surface area contributed by atoms with Crippen LogP contribution in [-0.4, -0.2) is 33.3 Å². The summed E-state index contributed by atoms with van der Waals surface area (Å²) in [5, 5.41) is 20.1. The molecule has 0 amide bonds. The molecule has 0 atom stereocenters. The summed E-state index contributed by atoms with van der Waals surface area (Å²) in [5.41, 5.74) is 2.68. The van der Waals surface area contributed by atoms with Crippen LogP contribution in [0.2, 0.25) is 0 Å². The van der Waals surface area contributed by atoms with Gasteiger partial charge >= 0.3 is 0 Å². The van der Waals surface area contributed by atoms with Gasteiger partial charge in [-0.05, 0) is 35.9 Å². The molecule has 2 rings (SSSR count). The highest BCUT2D eigenvalue weighted by Crippen LogP contribution is 2.28. The number of anilines is 1. The van der Waals surface area contributed by atoms with Crippen molar-refractivity contribution in [2.45, 2.75) is 4.90 Å². The fourth-order valence-electron chi connectivity index (χ4n) is 2.14. The van der Waals surface area contributed by atoms with E-state index in [0.717, 1.165) is 12.1 Å². The lowest BCUT2D eigenvalue weighted by molar-refractivity contribution is -0.384. The molecule has 0 saturated carbocycles. The molecule has 2 aromatic rings. The quantitative estimate of drug-likeness (QED) is 0.281. The van der Waals surface area contributed by atoms with E-state index in [1.807, 2.05) is 0 Å². The Morgan fingerprint density at radius 3 is 2.64 bits per heavy atom. The number of methoxy groups -OCH3 is 1. The van der Waals surface area contributed by atoms with Crippen LogP contribution in [0.5, 0.6) is 11.5 Å². The summed E-state index contributed by atoms with van der Waals surface area (Å²) < 4.78 is 33.4. The first kappa shape index (κ1) is 20.9. The molecule has 0 bridgehead atoms. The van der Waals surface area contributed by atoms with Crippen molar-refractivity contribution in [1.29, 1.82) is 0 Å². The van der Waals surface area contributed by atoms with Gasteiger partial charge < -0.3 is 9.47 Å². The summed E-state index contributed by atoms with van der Waals surface area (Å²) in [7, 11) is -2.57. The van der Waals surface area contributed by atoms with Gasteiger partial charge in [0.15, 0.2) is 11.5 Å². The van der Waals surface area contributed by atoms with Gasteiger partial charge in [-0.1, -0.05) is 12.7 Å². The molecule has 28 heavy (non-hydrogen) atoms. The number of benzene rings is 2. The average Bonchev–Trinajstić information content (AvgIpc) is 2.65. The van der Waals surface area contributed by atoms with Gasteiger partial charge in [0.05, 0.1) is 23.1 Å². The van der Waals surface area contributed by atoms with E-state index < -0.39 is 20.6 Å². The lowest BCUT2D eigenvalue weighted by Gasteiger charge is -2.09. The Bertz CT molecular complexity index is 1020. The molecule has 0 spiro atoms.